The van der Waals surface area contributed by atoms with Crippen molar-refractivity contribution in [3.63, 3.8) is 0 Å². The van der Waals surface area contributed by atoms with E-state index >= 15 is 0 Å². The summed E-state index contributed by atoms with van der Waals surface area (Å²) in [7, 11) is 4.93. The minimum absolute atomic E-state index is 0.00988. The highest BCUT2D eigenvalue weighted by Crippen LogP contribution is 2.24. The fourth-order valence-electron chi connectivity index (χ4n) is 1.83. The monoisotopic (exact) mass is 344 g/mol. The van der Waals surface area contributed by atoms with Crippen molar-refractivity contribution in [2.45, 2.75) is 19.1 Å². The molecular weight excluding hydrogens is 324 g/mol. The van der Waals surface area contributed by atoms with Gasteiger partial charge in [0.2, 0.25) is 5.91 Å². The predicted molar refractivity (Wildman–Crippen MR) is 81.6 cm³/mol. The summed E-state index contributed by atoms with van der Waals surface area (Å²) in [5.74, 6) is 0.749. The van der Waals surface area contributed by atoms with Crippen LogP contribution < -0.4 is 10.5 Å². The van der Waals surface area contributed by atoms with Gasteiger partial charge in [0.05, 0.1) is 19.6 Å². The van der Waals surface area contributed by atoms with Crippen LogP contribution in [0.4, 0.5) is 0 Å². The zero-order chi connectivity index (χ0) is 15.1. The maximum Gasteiger partial charge on any atom is 0.225 e. The van der Waals surface area contributed by atoms with Crippen LogP contribution in [0.15, 0.2) is 22.7 Å². The van der Waals surface area contributed by atoms with Crippen LogP contribution in [0.5, 0.6) is 5.75 Å². The van der Waals surface area contributed by atoms with Crippen LogP contribution >= 0.6 is 15.9 Å². The Morgan fingerprint density at radius 3 is 2.70 bits per heavy atom. The molecule has 6 heteroatoms. The number of hydrogen-bond donors (Lipinski definition) is 1. The van der Waals surface area contributed by atoms with Gasteiger partial charge in [-0.05, 0) is 18.2 Å². The summed E-state index contributed by atoms with van der Waals surface area (Å²) in [5.41, 5.74) is 6.47. The summed E-state index contributed by atoms with van der Waals surface area (Å²) < 4.78 is 11.4. The number of nitrogens with zero attached hydrogens (tertiary/aromatic N) is 1. The third-order valence-corrected chi connectivity index (χ3v) is 3.57. The molecule has 112 valence electrons. The molecular formula is C14H21BrN2O3. The van der Waals surface area contributed by atoms with Gasteiger partial charge in [-0.15, -0.1) is 0 Å². The highest BCUT2D eigenvalue weighted by atomic mass is 79.9. The van der Waals surface area contributed by atoms with Crippen LogP contribution in [0.1, 0.15) is 12.0 Å². The number of methoxy groups -OCH3 is 2. The molecule has 0 aliphatic rings. The van der Waals surface area contributed by atoms with Gasteiger partial charge in [-0.3, -0.25) is 4.79 Å². The van der Waals surface area contributed by atoms with Crippen LogP contribution in [-0.2, 0) is 16.1 Å². The van der Waals surface area contributed by atoms with Gasteiger partial charge in [0, 0.05) is 37.3 Å². The Morgan fingerprint density at radius 2 is 2.15 bits per heavy atom. The molecule has 0 aromatic heterocycles. The average molecular weight is 345 g/mol. The summed E-state index contributed by atoms with van der Waals surface area (Å²) in [6, 6.07) is 5.72. The minimum Gasteiger partial charge on any atom is -0.496 e. The molecule has 1 atom stereocenters. The Kier molecular flexibility index (Phi) is 6.98. The van der Waals surface area contributed by atoms with Crippen molar-refractivity contribution in [2.24, 2.45) is 5.73 Å². The second-order valence-corrected chi connectivity index (χ2v) is 5.42. The van der Waals surface area contributed by atoms with Crippen molar-refractivity contribution in [2.75, 3.05) is 27.8 Å². The number of halogens is 1. The molecule has 1 unspecified atom stereocenters. The lowest BCUT2D eigenvalue weighted by molar-refractivity contribution is -0.132. The Morgan fingerprint density at radius 1 is 1.45 bits per heavy atom. The molecule has 0 saturated heterocycles. The van der Waals surface area contributed by atoms with Gasteiger partial charge in [0.25, 0.3) is 0 Å². The predicted octanol–water partition coefficient (Wildman–Crippen LogP) is 1.78. The molecule has 1 aromatic carbocycles. The van der Waals surface area contributed by atoms with Gasteiger partial charge < -0.3 is 20.1 Å². The Balaban J connectivity index is 2.72. The van der Waals surface area contributed by atoms with Crippen molar-refractivity contribution in [1.29, 1.82) is 0 Å². The molecule has 0 radical (unpaired) electrons. The number of nitrogens with two attached hydrogens (primary N) is 1. The van der Waals surface area contributed by atoms with E-state index in [0.717, 1.165) is 15.8 Å². The first-order valence-electron chi connectivity index (χ1n) is 6.31. The number of benzene rings is 1. The molecule has 0 spiro atoms. The first kappa shape index (κ1) is 16.9. The van der Waals surface area contributed by atoms with E-state index in [0.29, 0.717) is 13.1 Å². The van der Waals surface area contributed by atoms with E-state index < -0.39 is 0 Å². The van der Waals surface area contributed by atoms with Gasteiger partial charge >= 0.3 is 0 Å². The van der Waals surface area contributed by atoms with E-state index in [2.05, 4.69) is 15.9 Å². The van der Waals surface area contributed by atoms with Crippen LogP contribution in [0.3, 0.4) is 0 Å². The van der Waals surface area contributed by atoms with Crippen molar-refractivity contribution in [3.8, 4) is 5.75 Å². The Hall–Kier alpha value is -1.11. The highest BCUT2D eigenvalue weighted by molar-refractivity contribution is 9.10. The molecule has 1 aromatic rings. The molecule has 0 heterocycles. The zero-order valence-corrected chi connectivity index (χ0v) is 13.6. The highest BCUT2D eigenvalue weighted by Gasteiger charge is 2.17. The molecule has 0 fully saturated rings. The number of hydrogen-bond acceptors (Lipinski definition) is 4. The topological polar surface area (TPSA) is 64.8 Å². The largest absolute Gasteiger partial charge is 0.496 e. The third-order valence-electron chi connectivity index (χ3n) is 3.07. The number of carbonyl (C=O) groups is 1. The van der Waals surface area contributed by atoms with Gasteiger partial charge in [-0.25, -0.2) is 0 Å². The molecule has 0 saturated carbocycles. The summed E-state index contributed by atoms with van der Waals surface area (Å²) >= 11 is 3.42. The number of ether oxygens (including phenoxy) is 2. The van der Waals surface area contributed by atoms with Gasteiger partial charge in [-0.1, -0.05) is 15.9 Å². The Labute approximate surface area is 128 Å². The maximum absolute atomic E-state index is 12.1. The summed E-state index contributed by atoms with van der Waals surface area (Å²) in [4.78, 5) is 13.7. The lowest BCUT2D eigenvalue weighted by atomic mass is 10.1. The third kappa shape index (κ3) is 4.77. The van der Waals surface area contributed by atoms with E-state index in [1.54, 1.807) is 26.2 Å². The van der Waals surface area contributed by atoms with Crippen molar-refractivity contribution in [1.82, 2.24) is 4.90 Å². The summed E-state index contributed by atoms with van der Waals surface area (Å²) in [6.45, 7) is 0.804. The van der Waals surface area contributed by atoms with Gasteiger partial charge in [0.15, 0.2) is 0 Å². The number of amides is 1. The second kappa shape index (κ2) is 8.24. The SMILES string of the molecule is COc1ccc(Br)cc1CN(C)C(=O)CC(CN)OC. The van der Waals surface area contributed by atoms with E-state index in [1.807, 2.05) is 18.2 Å². The quantitative estimate of drug-likeness (QED) is 0.818. The van der Waals surface area contributed by atoms with Crippen LogP contribution in [0, 0.1) is 0 Å². The normalized spacial score (nSPS) is 12.1. The molecule has 0 aliphatic heterocycles. The smallest absolute Gasteiger partial charge is 0.225 e. The fraction of sp³-hybridized carbons (Fsp3) is 0.500. The van der Waals surface area contributed by atoms with E-state index in [-0.39, 0.29) is 18.4 Å². The molecule has 20 heavy (non-hydrogen) atoms. The van der Waals surface area contributed by atoms with Crippen LogP contribution in [0.2, 0.25) is 0 Å². The molecule has 2 N–H and O–H groups in total. The lowest BCUT2D eigenvalue weighted by Gasteiger charge is -2.21. The van der Waals surface area contributed by atoms with Crippen LogP contribution in [-0.4, -0.2) is 44.7 Å². The van der Waals surface area contributed by atoms with Crippen LogP contribution in [0.25, 0.3) is 0 Å². The van der Waals surface area contributed by atoms with Gasteiger partial charge in [-0.2, -0.15) is 0 Å². The first-order valence-corrected chi connectivity index (χ1v) is 7.10. The minimum atomic E-state index is -0.241. The van der Waals surface area contributed by atoms with Crippen molar-refractivity contribution >= 4 is 21.8 Å². The molecule has 1 amide bonds. The molecule has 1 rings (SSSR count). The summed E-state index contributed by atoms with van der Waals surface area (Å²) in [6.07, 6.45) is 0.0363. The maximum atomic E-state index is 12.1. The first-order chi connectivity index (χ1) is 9.51. The standard InChI is InChI=1S/C14H21BrN2O3/c1-17(14(18)7-12(8-16)19-2)9-10-6-11(15)4-5-13(10)20-3/h4-6,12H,7-9,16H2,1-3H3. The van der Waals surface area contributed by atoms with Crippen molar-refractivity contribution < 1.29 is 14.3 Å². The van der Waals surface area contributed by atoms with E-state index in [4.69, 9.17) is 15.2 Å². The van der Waals surface area contributed by atoms with E-state index in [1.165, 1.54) is 0 Å². The average Bonchev–Trinajstić information content (AvgIpc) is 2.44. The fourth-order valence-corrected chi connectivity index (χ4v) is 2.24. The number of rotatable bonds is 7. The molecule has 5 nitrogen and oxygen atoms in total. The number of carbonyl (C=O) groups excluding carboxylic acids is 1. The van der Waals surface area contributed by atoms with Crippen molar-refractivity contribution in [3.05, 3.63) is 28.2 Å². The molecule has 0 bridgehead atoms. The Bertz CT molecular complexity index is 450. The summed E-state index contributed by atoms with van der Waals surface area (Å²) in [5, 5.41) is 0. The molecule has 0 aliphatic carbocycles. The van der Waals surface area contributed by atoms with Gasteiger partial charge in [0.1, 0.15) is 5.75 Å². The van der Waals surface area contributed by atoms with E-state index in [9.17, 15) is 4.79 Å². The zero-order valence-electron chi connectivity index (χ0n) is 12.1. The lowest BCUT2D eigenvalue weighted by Crippen LogP contribution is -2.33. The second-order valence-electron chi connectivity index (χ2n) is 4.50.